The maximum absolute atomic E-state index is 12.1. The van der Waals surface area contributed by atoms with Crippen molar-refractivity contribution >= 4 is 22.8 Å². The molecule has 2 bridgehead atoms. The third-order valence-electron chi connectivity index (χ3n) is 7.24. The highest BCUT2D eigenvalue weighted by Crippen LogP contribution is 2.45. The van der Waals surface area contributed by atoms with E-state index in [4.69, 9.17) is 15.5 Å². The smallest absolute Gasteiger partial charge is 0.223 e. The summed E-state index contributed by atoms with van der Waals surface area (Å²) in [5.74, 6) is 0.901. The minimum atomic E-state index is -0.239. The Hall–Kier alpha value is -3.23. The number of amides is 1. The molecule has 1 amide bonds. The third kappa shape index (κ3) is 3.79. The number of aromatic nitrogens is 3. The number of primary amides is 1. The van der Waals surface area contributed by atoms with Gasteiger partial charge >= 0.3 is 0 Å². The van der Waals surface area contributed by atoms with Gasteiger partial charge in [-0.1, -0.05) is 36.4 Å². The molecule has 0 spiro atoms. The summed E-state index contributed by atoms with van der Waals surface area (Å²) < 4.78 is 5.44. The first-order chi connectivity index (χ1) is 16.2. The molecule has 1 aliphatic heterocycles. The number of nitrogens with zero attached hydrogens (tertiary/aromatic N) is 3. The van der Waals surface area contributed by atoms with Gasteiger partial charge in [0, 0.05) is 37.4 Å². The molecule has 0 unspecified atom stereocenters. The Labute approximate surface area is 192 Å². The molecular weight excluding hydrogens is 416 g/mol. The van der Waals surface area contributed by atoms with Crippen LogP contribution < -0.4 is 11.1 Å². The Morgan fingerprint density at radius 2 is 1.94 bits per heavy atom. The van der Waals surface area contributed by atoms with Crippen LogP contribution in [0.1, 0.15) is 12.0 Å². The molecule has 170 valence electrons. The molecule has 8 nitrogen and oxygen atoms in total. The van der Waals surface area contributed by atoms with Gasteiger partial charge in [0.1, 0.15) is 11.3 Å². The number of fused-ring (bicyclic) bond motifs is 3. The second-order valence-electron chi connectivity index (χ2n) is 9.27. The number of hydrogen-bond donors (Lipinski definition) is 3. The number of allylic oxidation sites excluding steroid dienone is 1. The predicted octanol–water partition coefficient (Wildman–Crippen LogP) is 2.54. The van der Waals surface area contributed by atoms with Crippen molar-refractivity contribution < 1.29 is 9.53 Å². The van der Waals surface area contributed by atoms with E-state index >= 15 is 0 Å². The second kappa shape index (κ2) is 8.28. The number of carbonyl (C=O) groups is 1. The van der Waals surface area contributed by atoms with E-state index in [1.807, 2.05) is 6.07 Å². The Kier molecular flexibility index (Phi) is 5.11. The fourth-order valence-corrected chi connectivity index (χ4v) is 5.54. The van der Waals surface area contributed by atoms with Gasteiger partial charge < -0.3 is 20.8 Å². The first-order valence-electron chi connectivity index (χ1n) is 11.6. The van der Waals surface area contributed by atoms with Crippen LogP contribution in [0.4, 0.5) is 5.69 Å². The van der Waals surface area contributed by atoms with Crippen molar-refractivity contribution in [2.45, 2.75) is 19.0 Å². The number of morpholine rings is 1. The molecule has 33 heavy (non-hydrogen) atoms. The minimum absolute atomic E-state index is 0.00526. The van der Waals surface area contributed by atoms with E-state index in [0.29, 0.717) is 11.6 Å². The summed E-state index contributed by atoms with van der Waals surface area (Å²) in [4.78, 5) is 27.1. The molecule has 8 heteroatoms. The van der Waals surface area contributed by atoms with Crippen LogP contribution in [0, 0.1) is 17.8 Å². The Balaban J connectivity index is 1.24. The fourth-order valence-electron chi connectivity index (χ4n) is 5.54. The molecular formula is C25H28N6O2. The largest absolute Gasteiger partial charge is 0.379 e. The summed E-state index contributed by atoms with van der Waals surface area (Å²) in [5, 5.41) is 3.59. The highest BCUT2D eigenvalue weighted by atomic mass is 16.5. The topological polar surface area (TPSA) is 109 Å². The van der Waals surface area contributed by atoms with E-state index in [9.17, 15) is 4.79 Å². The van der Waals surface area contributed by atoms with Gasteiger partial charge in [-0.05, 0) is 29.9 Å². The number of pyridine rings is 1. The molecule has 4 atom stereocenters. The lowest BCUT2D eigenvalue weighted by Crippen LogP contribution is -2.41. The van der Waals surface area contributed by atoms with Gasteiger partial charge in [-0.25, -0.2) is 9.97 Å². The van der Waals surface area contributed by atoms with Crippen molar-refractivity contribution in [2.75, 3.05) is 31.6 Å². The Morgan fingerprint density at radius 3 is 2.73 bits per heavy atom. The lowest BCUT2D eigenvalue weighted by atomic mass is 9.88. The van der Waals surface area contributed by atoms with Crippen LogP contribution in [0.15, 0.2) is 48.7 Å². The number of H-pyrrole nitrogens is 1. The molecule has 3 aromatic rings. The number of benzene rings is 1. The van der Waals surface area contributed by atoms with Crippen LogP contribution in [-0.2, 0) is 16.1 Å². The number of ether oxygens (including phenoxy) is 1. The standard InChI is InChI=1S/C25H28N6O2/c26-23(32)20-17-5-6-18(13-17)21(20)28-19-7-8-27-25-22(19)29-24(30-25)16-3-1-15(2-4-16)14-31-9-11-33-12-10-31/h1-8,17-18,20-21H,9-14H2,(H2,26,32)(H2,27,28,29,30)/t17-,18+,20+,21-/m1/s1. The molecule has 6 rings (SSSR count). The maximum atomic E-state index is 12.1. The molecule has 3 heterocycles. The van der Waals surface area contributed by atoms with Crippen LogP contribution in [0.5, 0.6) is 0 Å². The van der Waals surface area contributed by atoms with Crippen LogP contribution in [0.3, 0.4) is 0 Å². The highest BCUT2D eigenvalue weighted by molar-refractivity contribution is 5.88. The van der Waals surface area contributed by atoms with E-state index < -0.39 is 0 Å². The first kappa shape index (κ1) is 20.4. The van der Waals surface area contributed by atoms with Crippen molar-refractivity contribution in [2.24, 2.45) is 23.5 Å². The minimum Gasteiger partial charge on any atom is -0.379 e. The quantitative estimate of drug-likeness (QED) is 0.504. The number of hydrogen-bond acceptors (Lipinski definition) is 6. The normalized spacial score (nSPS) is 26.8. The van der Waals surface area contributed by atoms with Gasteiger partial charge in [0.05, 0.1) is 24.8 Å². The molecule has 4 N–H and O–H groups in total. The van der Waals surface area contributed by atoms with Crippen LogP contribution in [0.25, 0.3) is 22.6 Å². The Morgan fingerprint density at radius 1 is 1.15 bits per heavy atom. The summed E-state index contributed by atoms with van der Waals surface area (Å²) in [6, 6.07) is 10.4. The van der Waals surface area contributed by atoms with E-state index in [0.717, 1.165) is 61.9 Å². The van der Waals surface area contributed by atoms with Gasteiger partial charge in [0.25, 0.3) is 0 Å². The lowest BCUT2D eigenvalue weighted by molar-refractivity contribution is -0.122. The van der Waals surface area contributed by atoms with Crippen LogP contribution >= 0.6 is 0 Å². The van der Waals surface area contributed by atoms with Crippen molar-refractivity contribution in [1.82, 2.24) is 19.9 Å². The molecule has 0 radical (unpaired) electrons. The first-order valence-corrected chi connectivity index (χ1v) is 11.6. The number of anilines is 1. The highest BCUT2D eigenvalue weighted by Gasteiger charge is 2.47. The van der Waals surface area contributed by atoms with Gasteiger partial charge in [0.15, 0.2) is 5.65 Å². The molecule has 1 saturated carbocycles. The third-order valence-corrected chi connectivity index (χ3v) is 7.24. The summed E-state index contributed by atoms with van der Waals surface area (Å²) in [6.45, 7) is 4.49. The zero-order valence-electron chi connectivity index (χ0n) is 18.4. The van der Waals surface area contributed by atoms with Crippen LogP contribution in [0.2, 0.25) is 0 Å². The van der Waals surface area contributed by atoms with Crippen molar-refractivity contribution in [3.63, 3.8) is 0 Å². The zero-order valence-corrected chi connectivity index (χ0v) is 18.4. The average Bonchev–Trinajstić information content (AvgIpc) is 3.55. The molecule has 1 saturated heterocycles. The van der Waals surface area contributed by atoms with E-state index in [-0.39, 0.29) is 23.8 Å². The van der Waals surface area contributed by atoms with Crippen molar-refractivity contribution in [3.05, 3.63) is 54.2 Å². The number of nitrogens with two attached hydrogens (primary N) is 1. The van der Waals surface area contributed by atoms with E-state index in [1.54, 1.807) is 6.20 Å². The molecule has 2 aromatic heterocycles. The van der Waals surface area contributed by atoms with Crippen molar-refractivity contribution in [3.8, 4) is 11.4 Å². The van der Waals surface area contributed by atoms with Gasteiger partial charge in [-0.3, -0.25) is 9.69 Å². The van der Waals surface area contributed by atoms with Crippen molar-refractivity contribution in [1.29, 1.82) is 0 Å². The number of nitrogens with one attached hydrogen (secondary N) is 2. The number of imidazole rings is 1. The molecule has 2 aliphatic carbocycles. The zero-order chi connectivity index (χ0) is 22.4. The SMILES string of the molecule is NC(=O)[C@@H]1[C@H](Nc2ccnc3nc(-c4ccc(CN5CCOCC5)cc4)[nH]c23)[C@H]2C=C[C@@H]1C2. The predicted molar refractivity (Wildman–Crippen MR) is 126 cm³/mol. The molecule has 3 aliphatic rings. The average molecular weight is 445 g/mol. The number of carbonyl (C=O) groups excluding carboxylic acids is 1. The summed E-state index contributed by atoms with van der Waals surface area (Å²) in [5.41, 5.74) is 10.4. The summed E-state index contributed by atoms with van der Waals surface area (Å²) >= 11 is 0. The monoisotopic (exact) mass is 444 g/mol. The fraction of sp³-hybridized carbons (Fsp3) is 0.400. The summed E-state index contributed by atoms with van der Waals surface area (Å²) in [7, 11) is 0. The van der Waals surface area contributed by atoms with Gasteiger partial charge in [-0.15, -0.1) is 0 Å². The lowest BCUT2D eigenvalue weighted by Gasteiger charge is -2.27. The summed E-state index contributed by atoms with van der Waals surface area (Å²) in [6.07, 6.45) is 7.07. The van der Waals surface area contributed by atoms with E-state index in [1.165, 1.54) is 5.56 Å². The number of rotatable bonds is 6. The van der Waals surface area contributed by atoms with E-state index in [2.05, 4.69) is 56.6 Å². The van der Waals surface area contributed by atoms with Crippen LogP contribution in [-0.4, -0.2) is 58.1 Å². The second-order valence-corrected chi connectivity index (χ2v) is 9.27. The Bertz CT molecular complexity index is 1200. The van der Waals surface area contributed by atoms with Gasteiger partial charge in [-0.2, -0.15) is 0 Å². The molecule has 1 aromatic carbocycles. The van der Waals surface area contributed by atoms with Gasteiger partial charge in [0.2, 0.25) is 5.91 Å². The number of aromatic amines is 1. The molecule has 2 fully saturated rings. The maximum Gasteiger partial charge on any atom is 0.223 e.